The molecule has 7 heteroatoms. The summed E-state index contributed by atoms with van der Waals surface area (Å²) in [6.07, 6.45) is 5.50. The zero-order valence-electron chi connectivity index (χ0n) is 15.1. The van der Waals surface area contributed by atoms with E-state index in [-0.39, 0.29) is 11.8 Å². The molecule has 1 aliphatic rings. The molecule has 0 saturated heterocycles. The van der Waals surface area contributed by atoms with Crippen LogP contribution in [0.1, 0.15) is 39.0 Å². The molecule has 7 nitrogen and oxygen atoms in total. The van der Waals surface area contributed by atoms with E-state index in [9.17, 15) is 4.79 Å². The van der Waals surface area contributed by atoms with E-state index < -0.39 is 0 Å². The second kappa shape index (κ2) is 5.84. The number of rotatable bonds is 2. The Morgan fingerprint density at radius 1 is 1.33 bits per heavy atom. The topological polar surface area (TPSA) is 80.0 Å². The number of benzene rings is 1. The van der Waals surface area contributed by atoms with E-state index in [0.717, 1.165) is 33.5 Å². The molecular weight excluding hydrogens is 342 g/mol. The molecule has 5 rings (SSSR count). The van der Waals surface area contributed by atoms with Crippen molar-refractivity contribution in [2.75, 3.05) is 6.54 Å². The van der Waals surface area contributed by atoms with Crippen LogP contribution in [0.25, 0.3) is 11.0 Å². The number of aromatic nitrogens is 4. The number of aryl methyl sites for hydroxylation is 2. The summed E-state index contributed by atoms with van der Waals surface area (Å²) in [6, 6.07) is 7.73. The SMILES string of the molecule is Cc1c(C(=O)N2Cc3[nH]cnc3C(c3cnn(C)c3)C2)oc2ccccc12. The summed E-state index contributed by atoms with van der Waals surface area (Å²) in [4.78, 5) is 22.8. The lowest BCUT2D eigenvalue weighted by molar-refractivity contribution is 0.0691. The summed E-state index contributed by atoms with van der Waals surface area (Å²) >= 11 is 0. The van der Waals surface area contributed by atoms with Gasteiger partial charge in [-0.1, -0.05) is 18.2 Å². The van der Waals surface area contributed by atoms with Crippen molar-refractivity contribution in [2.24, 2.45) is 7.05 Å². The van der Waals surface area contributed by atoms with Gasteiger partial charge in [-0.05, 0) is 13.0 Å². The molecule has 1 amide bonds. The summed E-state index contributed by atoms with van der Waals surface area (Å²) in [5, 5.41) is 5.25. The van der Waals surface area contributed by atoms with Crippen LogP contribution in [0.5, 0.6) is 0 Å². The number of nitrogens with one attached hydrogen (secondary N) is 1. The Bertz CT molecular complexity index is 1150. The van der Waals surface area contributed by atoms with Gasteiger partial charge in [0, 0.05) is 42.2 Å². The van der Waals surface area contributed by atoms with E-state index in [2.05, 4.69) is 15.1 Å². The van der Waals surface area contributed by atoms with Gasteiger partial charge in [-0.2, -0.15) is 5.10 Å². The third-order valence-electron chi connectivity index (χ3n) is 5.29. The molecule has 0 aliphatic carbocycles. The number of hydrogen-bond acceptors (Lipinski definition) is 4. The highest BCUT2D eigenvalue weighted by atomic mass is 16.3. The van der Waals surface area contributed by atoms with Crippen molar-refractivity contribution in [2.45, 2.75) is 19.4 Å². The van der Waals surface area contributed by atoms with Crippen LogP contribution in [0, 0.1) is 6.92 Å². The average molecular weight is 361 g/mol. The van der Waals surface area contributed by atoms with Gasteiger partial charge in [0.25, 0.3) is 5.91 Å². The first-order chi connectivity index (χ1) is 13.1. The lowest BCUT2D eigenvalue weighted by Crippen LogP contribution is -2.38. The van der Waals surface area contributed by atoms with Gasteiger partial charge >= 0.3 is 0 Å². The Labute approximate surface area is 155 Å². The molecule has 0 bridgehead atoms. The van der Waals surface area contributed by atoms with Crippen LogP contribution in [-0.2, 0) is 13.6 Å². The molecule has 0 spiro atoms. The molecule has 1 atom stereocenters. The molecule has 3 aromatic heterocycles. The normalized spacial score (nSPS) is 16.7. The standard InChI is InChI=1S/C20H19N5O2/c1-12-14-5-3-4-6-17(14)27-19(12)20(26)25-9-15(13-7-23-24(2)8-13)18-16(10-25)21-11-22-18/h3-8,11,15H,9-10H2,1-2H3,(H,21,22). The first-order valence-corrected chi connectivity index (χ1v) is 8.90. The zero-order chi connectivity index (χ0) is 18.5. The lowest BCUT2D eigenvalue weighted by atomic mass is 9.93. The van der Waals surface area contributed by atoms with Crippen molar-refractivity contribution in [1.29, 1.82) is 0 Å². The monoisotopic (exact) mass is 361 g/mol. The van der Waals surface area contributed by atoms with E-state index in [1.165, 1.54) is 0 Å². The van der Waals surface area contributed by atoms with Gasteiger partial charge in [0.05, 0.1) is 30.5 Å². The van der Waals surface area contributed by atoms with Crippen molar-refractivity contribution in [1.82, 2.24) is 24.6 Å². The Morgan fingerprint density at radius 3 is 2.96 bits per heavy atom. The van der Waals surface area contributed by atoms with Gasteiger partial charge in [-0.25, -0.2) is 4.98 Å². The van der Waals surface area contributed by atoms with Gasteiger partial charge in [-0.3, -0.25) is 9.48 Å². The molecule has 1 aromatic carbocycles. The molecule has 0 fully saturated rings. The fourth-order valence-corrected chi connectivity index (χ4v) is 3.88. The number of para-hydroxylation sites is 1. The number of furan rings is 1. The third kappa shape index (κ3) is 2.46. The minimum Gasteiger partial charge on any atom is -0.451 e. The number of imidazole rings is 1. The van der Waals surface area contributed by atoms with Crippen molar-refractivity contribution < 1.29 is 9.21 Å². The molecule has 136 valence electrons. The van der Waals surface area contributed by atoms with Crippen LogP contribution in [0.2, 0.25) is 0 Å². The average Bonchev–Trinajstić information content (AvgIpc) is 3.39. The molecule has 4 aromatic rings. The number of nitrogens with zero attached hydrogens (tertiary/aromatic N) is 4. The number of amides is 1. The van der Waals surface area contributed by atoms with Crippen LogP contribution >= 0.6 is 0 Å². The number of carbonyl (C=O) groups excluding carboxylic acids is 1. The predicted octanol–water partition coefficient (Wildman–Crippen LogP) is 2.99. The Morgan fingerprint density at radius 2 is 2.19 bits per heavy atom. The fourth-order valence-electron chi connectivity index (χ4n) is 3.88. The molecule has 0 radical (unpaired) electrons. The molecule has 1 unspecified atom stereocenters. The Hall–Kier alpha value is -3.35. The van der Waals surface area contributed by atoms with Crippen LogP contribution < -0.4 is 0 Å². The predicted molar refractivity (Wildman–Crippen MR) is 99.3 cm³/mol. The van der Waals surface area contributed by atoms with E-state index in [0.29, 0.717) is 18.8 Å². The highest BCUT2D eigenvalue weighted by Gasteiger charge is 2.34. The van der Waals surface area contributed by atoms with Gasteiger partial charge < -0.3 is 14.3 Å². The largest absolute Gasteiger partial charge is 0.451 e. The summed E-state index contributed by atoms with van der Waals surface area (Å²) in [7, 11) is 1.89. The first-order valence-electron chi connectivity index (χ1n) is 8.90. The smallest absolute Gasteiger partial charge is 0.290 e. The minimum atomic E-state index is -0.0992. The van der Waals surface area contributed by atoms with E-state index >= 15 is 0 Å². The van der Waals surface area contributed by atoms with Crippen molar-refractivity contribution in [3.8, 4) is 0 Å². The summed E-state index contributed by atoms with van der Waals surface area (Å²) in [5.41, 5.74) is 4.60. The van der Waals surface area contributed by atoms with E-state index in [1.54, 1.807) is 11.0 Å². The minimum absolute atomic E-state index is 0.0117. The maximum Gasteiger partial charge on any atom is 0.290 e. The molecule has 4 heterocycles. The molecule has 1 aliphatic heterocycles. The number of carbonyl (C=O) groups is 1. The number of H-pyrrole nitrogens is 1. The van der Waals surface area contributed by atoms with Crippen LogP contribution in [-0.4, -0.2) is 37.1 Å². The number of fused-ring (bicyclic) bond motifs is 2. The summed E-state index contributed by atoms with van der Waals surface area (Å²) < 4.78 is 7.66. The summed E-state index contributed by atoms with van der Waals surface area (Å²) in [6.45, 7) is 2.96. The highest BCUT2D eigenvalue weighted by Crippen LogP contribution is 2.33. The maximum atomic E-state index is 13.3. The van der Waals surface area contributed by atoms with Gasteiger partial charge in [0.15, 0.2) is 5.76 Å². The lowest BCUT2D eigenvalue weighted by Gasteiger charge is -2.31. The van der Waals surface area contributed by atoms with Crippen LogP contribution in [0.3, 0.4) is 0 Å². The third-order valence-corrected chi connectivity index (χ3v) is 5.29. The second-order valence-corrected chi connectivity index (χ2v) is 7.00. The van der Waals surface area contributed by atoms with Crippen molar-refractivity contribution >= 4 is 16.9 Å². The number of aromatic amines is 1. The fraction of sp³-hybridized carbons (Fsp3) is 0.250. The van der Waals surface area contributed by atoms with E-state index in [4.69, 9.17) is 4.42 Å². The van der Waals surface area contributed by atoms with Crippen LogP contribution in [0.4, 0.5) is 0 Å². The quantitative estimate of drug-likeness (QED) is 0.595. The maximum absolute atomic E-state index is 13.3. The van der Waals surface area contributed by atoms with Gasteiger partial charge in [0.2, 0.25) is 0 Å². The Balaban J connectivity index is 1.53. The first kappa shape index (κ1) is 15.9. The summed E-state index contributed by atoms with van der Waals surface area (Å²) in [5.74, 6) is 0.296. The molecule has 0 saturated carbocycles. The molecule has 27 heavy (non-hydrogen) atoms. The highest BCUT2D eigenvalue weighted by molar-refractivity contribution is 5.99. The second-order valence-electron chi connectivity index (χ2n) is 7.00. The zero-order valence-corrected chi connectivity index (χ0v) is 15.1. The molecular formula is C20H19N5O2. The van der Waals surface area contributed by atoms with Crippen molar-refractivity contribution in [3.05, 3.63) is 71.3 Å². The Kier molecular flexibility index (Phi) is 3.43. The van der Waals surface area contributed by atoms with E-state index in [1.807, 2.05) is 55.5 Å². The number of hydrogen-bond donors (Lipinski definition) is 1. The molecule has 1 N–H and O–H groups in total. The van der Waals surface area contributed by atoms with Gasteiger partial charge in [-0.15, -0.1) is 0 Å². The van der Waals surface area contributed by atoms with Crippen LogP contribution in [0.15, 0.2) is 47.4 Å². The van der Waals surface area contributed by atoms with Gasteiger partial charge in [0.1, 0.15) is 5.58 Å². The van der Waals surface area contributed by atoms with Crippen molar-refractivity contribution in [3.63, 3.8) is 0 Å².